The summed E-state index contributed by atoms with van der Waals surface area (Å²) in [5.74, 6) is -0.322. The summed E-state index contributed by atoms with van der Waals surface area (Å²) >= 11 is 0. The Morgan fingerprint density at radius 3 is 2.63 bits per heavy atom. The molecule has 0 radical (unpaired) electrons. The van der Waals surface area contributed by atoms with Gasteiger partial charge in [0.2, 0.25) is 11.8 Å². The Morgan fingerprint density at radius 2 is 2.00 bits per heavy atom. The highest BCUT2D eigenvalue weighted by atomic mass is 16.2. The van der Waals surface area contributed by atoms with Gasteiger partial charge in [-0.2, -0.15) is 0 Å². The molecule has 0 heterocycles. The van der Waals surface area contributed by atoms with Crippen LogP contribution in [0.1, 0.15) is 25.8 Å². The number of aryl methyl sites for hydroxylation is 1. The van der Waals surface area contributed by atoms with Crippen LogP contribution in [-0.4, -0.2) is 24.4 Å². The fraction of sp³-hybridized carbons (Fsp3) is 0.429. The fourth-order valence-corrected chi connectivity index (χ4v) is 1.72. The van der Waals surface area contributed by atoms with Crippen LogP contribution < -0.4 is 16.4 Å². The van der Waals surface area contributed by atoms with Crippen molar-refractivity contribution in [1.82, 2.24) is 10.6 Å². The summed E-state index contributed by atoms with van der Waals surface area (Å²) < 4.78 is 0. The summed E-state index contributed by atoms with van der Waals surface area (Å²) in [5.41, 5.74) is 7.43. The monoisotopic (exact) mass is 263 g/mol. The third-order valence-corrected chi connectivity index (χ3v) is 2.80. The highest BCUT2D eigenvalue weighted by molar-refractivity contribution is 5.87. The largest absolute Gasteiger partial charge is 0.399 e. The van der Waals surface area contributed by atoms with E-state index in [0.29, 0.717) is 25.1 Å². The molecule has 5 heteroatoms. The fourth-order valence-electron chi connectivity index (χ4n) is 1.72. The maximum Gasteiger partial charge on any atom is 0.242 e. The number of carbonyl (C=O) groups is 2. The highest BCUT2D eigenvalue weighted by Crippen LogP contribution is 2.12. The second kappa shape index (κ2) is 7.41. The molecule has 19 heavy (non-hydrogen) atoms. The minimum atomic E-state index is -0.513. The minimum Gasteiger partial charge on any atom is -0.399 e. The summed E-state index contributed by atoms with van der Waals surface area (Å²) in [6, 6.07) is 6.94. The van der Waals surface area contributed by atoms with Crippen LogP contribution in [0.4, 0.5) is 5.69 Å². The standard InChI is InChI=1S/C14H21N3O2/c1-3-16-14(19)10(2)17-13(18)9-8-11-6-4-5-7-12(11)15/h4-7,10H,3,8-9,15H2,1-2H3,(H,16,19)(H,17,18). The van der Waals surface area contributed by atoms with Gasteiger partial charge in [0.15, 0.2) is 0 Å². The van der Waals surface area contributed by atoms with Crippen molar-refractivity contribution in [3.8, 4) is 0 Å². The molecule has 1 rings (SSSR count). The van der Waals surface area contributed by atoms with Crippen LogP contribution in [0.25, 0.3) is 0 Å². The van der Waals surface area contributed by atoms with Crippen molar-refractivity contribution in [3.05, 3.63) is 29.8 Å². The zero-order valence-corrected chi connectivity index (χ0v) is 11.4. The normalized spacial score (nSPS) is 11.7. The number of para-hydroxylation sites is 1. The quantitative estimate of drug-likeness (QED) is 0.665. The van der Waals surface area contributed by atoms with E-state index in [1.165, 1.54) is 0 Å². The molecule has 4 N–H and O–H groups in total. The molecule has 0 bridgehead atoms. The van der Waals surface area contributed by atoms with Crippen LogP contribution >= 0.6 is 0 Å². The van der Waals surface area contributed by atoms with Gasteiger partial charge < -0.3 is 16.4 Å². The number of anilines is 1. The van der Waals surface area contributed by atoms with Crippen LogP contribution in [0.2, 0.25) is 0 Å². The summed E-state index contributed by atoms with van der Waals surface area (Å²) in [5, 5.41) is 5.32. The Morgan fingerprint density at radius 1 is 1.32 bits per heavy atom. The van der Waals surface area contributed by atoms with Gasteiger partial charge in [0, 0.05) is 18.7 Å². The molecule has 1 aromatic carbocycles. The number of benzene rings is 1. The Hall–Kier alpha value is -2.04. The first-order valence-electron chi connectivity index (χ1n) is 6.45. The number of nitrogens with two attached hydrogens (primary N) is 1. The number of nitrogens with one attached hydrogen (secondary N) is 2. The Bertz CT molecular complexity index is 446. The lowest BCUT2D eigenvalue weighted by Gasteiger charge is -2.13. The van der Waals surface area contributed by atoms with E-state index in [9.17, 15) is 9.59 Å². The van der Waals surface area contributed by atoms with Gasteiger partial charge in [-0.25, -0.2) is 0 Å². The van der Waals surface area contributed by atoms with Crippen molar-refractivity contribution in [1.29, 1.82) is 0 Å². The van der Waals surface area contributed by atoms with Crippen LogP contribution in [0.15, 0.2) is 24.3 Å². The molecule has 5 nitrogen and oxygen atoms in total. The van der Waals surface area contributed by atoms with Gasteiger partial charge in [-0.1, -0.05) is 18.2 Å². The zero-order chi connectivity index (χ0) is 14.3. The first-order valence-corrected chi connectivity index (χ1v) is 6.45. The van der Waals surface area contributed by atoms with Gasteiger partial charge in [0.1, 0.15) is 6.04 Å². The molecular weight excluding hydrogens is 242 g/mol. The van der Waals surface area contributed by atoms with Crippen molar-refractivity contribution in [2.24, 2.45) is 0 Å². The maximum atomic E-state index is 11.7. The van der Waals surface area contributed by atoms with E-state index in [0.717, 1.165) is 5.56 Å². The zero-order valence-electron chi connectivity index (χ0n) is 11.4. The van der Waals surface area contributed by atoms with Crippen LogP contribution in [0.5, 0.6) is 0 Å². The van der Waals surface area contributed by atoms with Crippen molar-refractivity contribution in [2.75, 3.05) is 12.3 Å². The molecule has 0 aliphatic heterocycles. The van der Waals surface area contributed by atoms with Crippen molar-refractivity contribution in [2.45, 2.75) is 32.7 Å². The van der Waals surface area contributed by atoms with E-state index >= 15 is 0 Å². The SMILES string of the molecule is CCNC(=O)C(C)NC(=O)CCc1ccccc1N. The lowest BCUT2D eigenvalue weighted by molar-refractivity contribution is -0.128. The van der Waals surface area contributed by atoms with E-state index in [2.05, 4.69) is 10.6 Å². The molecular formula is C14H21N3O2. The molecule has 0 aliphatic rings. The highest BCUT2D eigenvalue weighted by Gasteiger charge is 2.14. The number of nitrogen functional groups attached to an aromatic ring is 1. The summed E-state index contributed by atoms with van der Waals surface area (Å²) in [7, 11) is 0. The van der Waals surface area contributed by atoms with Gasteiger partial charge in [0.25, 0.3) is 0 Å². The van der Waals surface area contributed by atoms with Crippen molar-refractivity contribution in [3.63, 3.8) is 0 Å². The second-order valence-electron chi connectivity index (χ2n) is 4.38. The average Bonchev–Trinajstić information content (AvgIpc) is 2.38. The number of hydrogen-bond donors (Lipinski definition) is 3. The maximum absolute atomic E-state index is 11.7. The summed E-state index contributed by atoms with van der Waals surface area (Å²) in [6.45, 7) is 4.06. The number of carbonyl (C=O) groups excluding carboxylic acids is 2. The van der Waals surface area contributed by atoms with Crippen LogP contribution in [0, 0.1) is 0 Å². The molecule has 0 saturated carbocycles. The Kier molecular flexibility index (Phi) is 5.85. The topological polar surface area (TPSA) is 84.2 Å². The number of amides is 2. The predicted octanol–water partition coefficient (Wildman–Crippen LogP) is 0.842. The van der Waals surface area contributed by atoms with Gasteiger partial charge in [0.05, 0.1) is 0 Å². The Labute approximate surface area is 113 Å². The van der Waals surface area contributed by atoms with Gasteiger partial charge in [-0.3, -0.25) is 9.59 Å². The first kappa shape index (κ1) is 15.0. The lowest BCUT2D eigenvalue weighted by Crippen LogP contribution is -2.44. The molecule has 0 spiro atoms. The molecule has 1 aromatic rings. The molecule has 2 amide bonds. The third-order valence-electron chi connectivity index (χ3n) is 2.80. The molecule has 1 atom stereocenters. The van der Waals surface area contributed by atoms with E-state index < -0.39 is 6.04 Å². The first-order chi connectivity index (χ1) is 9.04. The summed E-state index contributed by atoms with van der Waals surface area (Å²) in [6.07, 6.45) is 0.887. The van der Waals surface area contributed by atoms with Crippen molar-refractivity contribution >= 4 is 17.5 Å². The molecule has 104 valence electrons. The Balaban J connectivity index is 2.40. The van der Waals surface area contributed by atoms with Crippen LogP contribution in [-0.2, 0) is 16.0 Å². The van der Waals surface area contributed by atoms with E-state index in [-0.39, 0.29) is 11.8 Å². The van der Waals surface area contributed by atoms with Crippen molar-refractivity contribution < 1.29 is 9.59 Å². The predicted molar refractivity (Wildman–Crippen MR) is 75.5 cm³/mol. The van der Waals surface area contributed by atoms with E-state index in [1.54, 1.807) is 6.92 Å². The molecule has 0 saturated heterocycles. The van der Waals surface area contributed by atoms with E-state index in [4.69, 9.17) is 5.73 Å². The number of hydrogen-bond acceptors (Lipinski definition) is 3. The van der Waals surface area contributed by atoms with Crippen LogP contribution in [0.3, 0.4) is 0 Å². The summed E-state index contributed by atoms with van der Waals surface area (Å²) in [4.78, 5) is 23.2. The van der Waals surface area contributed by atoms with Gasteiger partial charge in [-0.05, 0) is 31.9 Å². The average molecular weight is 263 g/mol. The third kappa shape index (κ3) is 4.99. The molecule has 0 aromatic heterocycles. The number of rotatable bonds is 6. The van der Waals surface area contributed by atoms with E-state index in [1.807, 2.05) is 31.2 Å². The second-order valence-corrected chi connectivity index (χ2v) is 4.38. The lowest BCUT2D eigenvalue weighted by atomic mass is 10.1. The molecule has 1 unspecified atom stereocenters. The van der Waals surface area contributed by atoms with Gasteiger partial charge >= 0.3 is 0 Å². The molecule has 0 aliphatic carbocycles. The molecule has 0 fully saturated rings. The number of likely N-dealkylation sites (N-methyl/N-ethyl adjacent to an activating group) is 1. The van der Waals surface area contributed by atoms with Gasteiger partial charge in [-0.15, -0.1) is 0 Å². The minimum absolute atomic E-state index is 0.151. The smallest absolute Gasteiger partial charge is 0.242 e.